The van der Waals surface area contributed by atoms with E-state index in [1.165, 1.54) is 25.7 Å². The number of ether oxygens (including phenoxy) is 1. The van der Waals surface area contributed by atoms with E-state index in [1.54, 1.807) is 7.11 Å². The first-order chi connectivity index (χ1) is 8.77. The smallest absolute Gasteiger partial charge is 0.0471 e. The molecule has 2 unspecified atom stereocenters. The van der Waals surface area contributed by atoms with Crippen LogP contribution < -0.4 is 5.32 Å². The number of nitrogens with one attached hydrogen (secondary N) is 1. The highest BCUT2D eigenvalue weighted by Gasteiger charge is 2.25. The van der Waals surface area contributed by atoms with Gasteiger partial charge in [-0.25, -0.2) is 0 Å². The van der Waals surface area contributed by atoms with Crippen LogP contribution >= 0.6 is 0 Å². The molecule has 0 aromatic carbocycles. The first-order valence-electron chi connectivity index (χ1n) is 7.35. The van der Waals surface area contributed by atoms with Crippen LogP contribution in [-0.4, -0.2) is 42.0 Å². The largest absolute Gasteiger partial charge is 0.385 e. The minimum atomic E-state index is -0.694. The van der Waals surface area contributed by atoms with E-state index in [-0.39, 0.29) is 0 Å². The fraction of sp³-hybridized carbons (Fsp3) is 1.00. The molecule has 0 bridgehead atoms. The molecule has 2 atom stereocenters. The molecule has 0 spiro atoms. The van der Waals surface area contributed by atoms with Crippen LogP contribution in [0.3, 0.4) is 0 Å². The van der Waals surface area contributed by atoms with E-state index >= 15 is 0 Å². The molecule has 1 fully saturated rings. The maximum atomic E-state index is 12.1. The summed E-state index contributed by atoms with van der Waals surface area (Å²) in [5, 5.41) is 3.61. The third-order valence-corrected chi connectivity index (χ3v) is 5.19. The van der Waals surface area contributed by atoms with Crippen molar-refractivity contribution < 1.29 is 8.95 Å². The van der Waals surface area contributed by atoms with Crippen LogP contribution in [0.1, 0.15) is 45.4 Å². The second-order valence-corrected chi connectivity index (χ2v) is 6.88. The van der Waals surface area contributed by atoms with E-state index in [1.807, 2.05) is 0 Å². The Labute approximate surface area is 115 Å². The highest BCUT2D eigenvalue weighted by atomic mass is 32.2. The van der Waals surface area contributed by atoms with Gasteiger partial charge in [0.25, 0.3) is 0 Å². The van der Waals surface area contributed by atoms with Crippen molar-refractivity contribution in [3.63, 3.8) is 0 Å². The van der Waals surface area contributed by atoms with Gasteiger partial charge in [-0.1, -0.05) is 19.8 Å². The molecule has 1 aliphatic carbocycles. The summed E-state index contributed by atoms with van der Waals surface area (Å²) in [5.41, 5.74) is 0. The minimum absolute atomic E-state index is 0.468. The van der Waals surface area contributed by atoms with Crippen molar-refractivity contribution in [3.8, 4) is 0 Å². The van der Waals surface area contributed by atoms with Gasteiger partial charge in [0.2, 0.25) is 0 Å². The molecule has 1 rings (SSSR count). The maximum Gasteiger partial charge on any atom is 0.0471 e. The van der Waals surface area contributed by atoms with Gasteiger partial charge in [0, 0.05) is 42.1 Å². The second kappa shape index (κ2) is 9.93. The number of hydrogen-bond acceptors (Lipinski definition) is 3. The fourth-order valence-electron chi connectivity index (χ4n) is 2.70. The van der Waals surface area contributed by atoms with Gasteiger partial charge in [-0.05, 0) is 38.1 Å². The van der Waals surface area contributed by atoms with Gasteiger partial charge in [-0.2, -0.15) is 0 Å². The van der Waals surface area contributed by atoms with Gasteiger partial charge in [0.1, 0.15) is 0 Å². The zero-order valence-corrected chi connectivity index (χ0v) is 12.8. The molecule has 0 aliphatic heterocycles. The lowest BCUT2D eigenvalue weighted by Gasteiger charge is -2.24. The fourth-order valence-corrected chi connectivity index (χ4v) is 4.10. The molecule has 0 heterocycles. The third-order valence-electron chi connectivity index (χ3n) is 3.71. The van der Waals surface area contributed by atoms with Gasteiger partial charge in [-0.3, -0.25) is 4.21 Å². The van der Waals surface area contributed by atoms with Crippen molar-refractivity contribution in [1.29, 1.82) is 0 Å². The third kappa shape index (κ3) is 6.30. The Morgan fingerprint density at radius 1 is 1.39 bits per heavy atom. The summed E-state index contributed by atoms with van der Waals surface area (Å²) in [4.78, 5) is 0. The monoisotopic (exact) mass is 275 g/mol. The molecular weight excluding hydrogens is 246 g/mol. The van der Waals surface area contributed by atoms with Crippen LogP contribution in [-0.2, 0) is 15.5 Å². The molecule has 18 heavy (non-hydrogen) atoms. The highest BCUT2D eigenvalue weighted by molar-refractivity contribution is 7.85. The molecule has 1 N–H and O–H groups in total. The SMILES string of the molecule is CCCNC(CS(=O)CCCOC)C1CCCC1. The molecule has 0 aromatic heterocycles. The van der Waals surface area contributed by atoms with Crippen LogP contribution in [0.4, 0.5) is 0 Å². The first kappa shape index (κ1) is 16.1. The Morgan fingerprint density at radius 3 is 2.72 bits per heavy atom. The van der Waals surface area contributed by atoms with Gasteiger partial charge in [0.05, 0.1) is 0 Å². The normalized spacial score (nSPS) is 20.1. The lowest BCUT2D eigenvalue weighted by atomic mass is 10.00. The molecule has 4 heteroatoms. The Hall–Kier alpha value is 0.0700. The summed E-state index contributed by atoms with van der Waals surface area (Å²) in [7, 11) is 1.01. The van der Waals surface area contributed by atoms with Crippen molar-refractivity contribution >= 4 is 10.8 Å². The maximum absolute atomic E-state index is 12.1. The average molecular weight is 275 g/mol. The summed E-state index contributed by atoms with van der Waals surface area (Å²) in [6.07, 6.45) is 7.40. The van der Waals surface area contributed by atoms with Gasteiger partial charge in [0.15, 0.2) is 0 Å². The van der Waals surface area contributed by atoms with Gasteiger partial charge < -0.3 is 10.1 Å². The number of rotatable bonds is 10. The molecule has 0 saturated heterocycles. The predicted octanol–water partition coefficient (Wildman–Crippen LogP) is 2.33. The molecule has 0 aromatic rings. The average Bonchev–Trinajstić information content (AvgIpc) is 2.88. The lowest BCUT2D eigenvalue weighted by Crippen LogP contribution is -2.40. The van der Waals surface area contributed by atoms with E-state index in [2.05, 4.69) is 12.2 Å². The summed E-state index contributed by atoms with van der Waals surface area (Å²) in [5.74, 6) is 2.36. The van der Waals surface area contributed by atoms with Crippen LogP contribution in [0, 0.1) is 5.92 Å². The van der Waals surface area contributed by atoms with Crippen molar-refractivity contribution in [2.75, 3.05) is 31.8 Å². The van der Waals surface area contributed by atoms with Crippen LogP contribution in [0.2, 0.25) is 0 Å². The van der Waals surface area contributed by atoms with Gasteiger partial charge >= 0.3 is 0 Å². The molecule has 3 nitrogen and oxygen atoms in total. The topological polar surface area (TPSA) is 38.3 Å². The summed E-state index contributed by atoms with van der Waals surface area (Å²) >= 11 is 0. The Morgan fingerprint density at radius 2 is 2.11 bits per heavy atom. The van der Waals surface area contributed by atoms with Crippen molar-refractivity contribution in [2.24, 2.45) is 5.92 Å². The lowest BCUT2D eigenvalue weighted by molar-refractivity contribution is 0.200. The number of methoxy groups -OCH3 is 1. The van der Waals surface area contributed by atoms with E-state index in [9.17, 15) is 4.21 Å². The van der Waals surface area contributed by atoms with Crippen LogP contribution in [0.25, 0.3) is 0 Å². The van der Waals surface area contributed by atoms with Crippen molar-refractivity contribution in [2.45, 2.75) is 51.5 Å². The minimum Gasteiger partial charge on any atom is -0.385 e. The first-order valence-corrected chi connectivity index (χ1v) is 8.84. The van der Waals surface area contributed by atoms with Crippen molar-refractivity contribution in [1.82, 2.24) is 5.32 Å². The zero-order valence-electron chi connectivity index (χ0n) is 12.0. The van der Waals surface area contributed by atoms with E-state index in [0.717, 1.165) is 43.4 Å². The summed E-state index contributed by atoms with van der Waals surface area (Å²) in [6, 6.07) is 0.468. The van der Waals surface area contributed by atoms with Crippen molar-refractivity contribution in [3.05, 3.63) is 0 Å². The second-order valence-electron chi connectivity index (χ2n) is 5.26. The molecule has 1 saturated carbocycles. The molecular formula is C14H29NO2S. The standard InChI is InChI=1S/C14H29NO2S/c1-3-9-15-14(13-7-4-5-8-13)12-18(16)11-6-10-17-2/h13-15H,3-12H2,1-2H3. The van der Waals surface area contributed by atoms with E-state index in [0.29, 0.717) is 6.04 Å². The summed E-state index contributed by atoms with van der Waals surface area (Å²) < 4.78 is 17.1. The Bertz CT molecular complexity index is 230. The molecule has 0 radical (unpaired) electrons. The van der Waals surface area contributed by atoms with Crippen LogP contribution in [0.5, 0.6) is 0 Å². The molecule has 108 valence electrons. The van der Waals surface area contributed by atoms with E-state index in [4.69, 9.17) is 4.74 Å². The molecule has 0 amide bonds. The number of hydrogen-bond donors (Lipinski definition) is 1. The highest BCUT2D eigenvalue weighted by Crippen LogP contribution is 2.28. The zero-order chi connectivity index (χ0) is 13.2. The Balaban J connectivity index is 2.31. The Kier molecular flexibility index (Phi) is 8.90. The van der Waals surface area contributed by atoms with Gasteiger partial charge in [-0.15, -0.1) is 0 Å². The predicted molar refractivity (Wildman–Crippen MR) is 78.4 cm³/mol. The summed E-state index contributed by atoms with van der Waals surface area (Å²) in [6.45, 7) is 3.97. The quantitative estimate of drug-likeness (QED) is 0.622. The molecule has 1 aliphatic rings. The van der Waals surface area contributed by atoms with E-state index < -0.39 is 10.8 Å². The van der Waals surface area contributed by atoms with Crippen LogP contribution in [0.15, 0.2) is 0 Å².